The van der Waals surface area contributed by atoms with Gasteiger partial charge in [0.25, 0.3) is 0 Å². The second-order valence-corrected chi connectivity index (χ2v) is 7.95. The van der Waals surface area contributed by atoms with E-state index in [1.165, 1.54) is 12.1 Å². The molecule has 0 radical (unpaired) electrons. The summed E-state index contributed by atoms with van der Waals surface area (Å²) < 4.78 is 40.7. The Kier molecular flexibility index (Phi) is 7.95. The summed E-state index contributed by atoms with van der Waals surface area (Å²) in [5.74, 6) is 1.01. The van der Waals surface area contributed by atoms with Crippen molar-refractivity contribution in [1.29, 1.82) is 0 Å². The number of alkyl halides is 3. The summed E-state index contributed by atoms with van der Waals surface area (Å²) in [7, 11) is 3.78. The SMILES string of the molecule is CN=C(NCCCn1cccn1)NCC1CCCN(C)C1c1ccc(C(F)(F)F)cc1. The van der Waals surface area contributed by atoms with E-state index in [4.69, 9.17) is 0 Å². The molecule has 1 fully saturated rings. The molecule has 1 saturated heterocycles. The molecule has 0 amide bonds. The van der Waals surface area contributed by atoms with Crippen molar-refractivity contribution in [2.75, 3.05) is 33.7 Å². The van der Waals surface area contributed by atoms with Gasteiger partial charge in [0.1, 0.15) is 0 Å². The molecule has 0 spiro atoms. The van der Waals surface area contributed by atoms with Crippen LogP contribution in [0.2, 0.25) is 0 Å². The van der Waals surface area contributed by atoms with E-state index in [1.54, 1.807) is 25.4 Å². The molecule has 0 saturated carbocycles. The van der Waals surface area contributed by atoms with Gasteiger partial charge >= 0.3 is 6.18 Å². The normalized spacial score (nSPS) is 20.6. The number of nitrogens with zero attached hydrogens (tertiary/aromatic N) is 4. The Bertz CT molecular complexity index is 817. The van der Waals surface area contributed by atoms with Gasteiger partial charge in [-0.15, -0.1) is 0 Å². The predicted molar refractivity (Wildman–Crippen MR) is 116 cm³/mol. The fourth-order valence-electron chi connectivity index (χ4n) is 4.20. The zero-order chi connectivity index (χ0) is 22.3. The van der Waals surface area contributed by atoms with Crippen LogP contribution in [0.15, 0.2) is 47.7 Å². The molecule has 170 valence electrons. The van der Waals surface area contributed by atoms with Crippen molar-refractivity contribution in [3.63, 3.8) is 0 Å². The summed E-state index contributed by atoms with van der Waals surface area (Å²) in [5.41, 5.74) is 0.313. The standard InChI is InChI=1S/C22H31F3N6/c1-26-21(27-11-4-14-31-15-5-12-29-31)28-16-18-6-3-13-30(2)20(18)17-7-9-19(10-8-17)22(23,24)25/h5,7-10,12,15,18,20H,3-4,6,11,13-14,16H2,1-2H3,(H2,26,27,28). The van der Waals surface area contributed by atoms with E-state index in [0.29, 0.717) is 6.54 Å². The number of guanidine groups is 1. The molecule has 31 heavy (non-hydrogen) atoms. The zero-order valence-corrected chi connectivity index (χ0v) is 18.1. The Morgan fingerprint density at radius 1 is 1.23 bits per heavy atom. The van der Waals surface area contributed by atoms with Gasteiger partial charge < -0.3 is 10.6 Å². The van der Waals surface area contributed by atoms with Gasteiger partial charge in [0.15, 0.2) is 5.96 Å². The van der Waals surface area contributed by atoms with Crippen molar-refractivity contribution in [3.8, 4) is 0 Å². The average Bonchev–Trinajstić information content (AvgIpc) is 3.26. The molecule has 9 heteroatoms. The summed E-state index contributed by atoms with van der Waals surface area (Å²) in [6, 6.07) is 7.57. The van der Waals surface area contributed by atoms with Crippen LogP contribution in [-0.2, 0) is 12.7 Å². The molecule has 1 aliphatic rings. The molecule has 3 rings (SSSR count). The molecule has 1 aromatic heterocycles. The summed E-state index contributed by atoms with van der Waals surface area (Å²) in [4.78, 5) is 6.53. The monoisotopic (exact) mass is 436 g/mol. The van der Waals surface area contributed by atoms with Gasteiger partial charge in [-0.3, -0.25) is 14.6 Å². The molecule has 2 atom stereocenters. The van der Waals surface area contributed by atoms with Crippen molar-refractivity contribution in [1.82, 2.24) is 25.3 Å². The summed E-state index contributed by atoms with van der Waals surface area (Å²) in [6.07, 6.45) is 2.39. The van der Waals surface area contributed by atoms with Gasteiger partial charge in [0.2, 0.25) is 0 Å². The van der Waals surface area contributed by atoms with Crippen LogP contribution in [0.3, 0.4) is 0 Å². The first-order chi connectivity index (χ1) is 14.9. The maximum absolute atomic E-state index is 12.9. The van der Waals surface area contributed by atoms with Crippen LogP contribution in [0.25, 0.3) is 0 Å². The van der Waals surface area contributed by atoms with Crippen molar-refractivity contribution >= 4 is 5.96 Å². The third-order valence-corrected chi connectivity index (χ3v) is 5.76. The third-order valence-electron chi connectivity index (χ3n) is 5.76. The lowest BCUT2D eigenvalue weighted by Crippen LogP contribution is -2.45. The molecule has 0 aliphatic carbocycles. The Morgan fingerprint density at radius 2 is 2.00 bits per heavy atom. The van der Waals surface area contributed by atoms with Crippen molar-refractivity contribution in [3.05, 3.63) is 53.9 Å². The average molecular weight is 437 g/mol. The van der Waals surface area contributed by atoms with Crippen LogP contribution in [0, 0.1) is 5.92 Å². The maximum Gasteiger partial charge on any atom is 0.416 e. The number of nitrogens with one attached hydrogen (secondary N) is 2. The van der Waals surface area contributed by atoms with E-state index in [9.17, 15) is 13.2 Å². The number of hydrogen-bond acceptors (Lipinski definition) is 3. The number of aryl methyl sites for hydroxylation is 1. The Hall–Kier alpha value is -2.55. The minimum absolute atomic E-state index is 0.0708. The highest BCUT2D eigenvalue weighted by atomic mass is 19.4. The van der Waals surface area contributed by atoms with Crippen LogP contribution in [0.5, 0.6) is 0 Å². The van der Waals surface area contributed by atoms with Crippen LogP contribution < -0.4 is 10.6 Å². The molecule has 0 bridgehead atoms. The number of benzene rings is 1. The van der Waals surface area contributed by atoms with E-state index >= 15 is 0 Å². The third kappa shape index (κ3) is 6.46. The van der Waals surface area contributed by atoms with Gasteiger partial charge in [-0.1, -0.05) is 12.1 Å². The van der Waals surface area contributed by atoms with Crippen LogP contribution >= 0.6 is 0 Å². The second kappa shape index (κ2) is 10.7. The lowest BCUT2D eigenvalue weighted by molar-refractivity contribution is -0.137. The van der Waals surface area contributed by atoms with Gasteiger partial charge in [-0.05, 0) is 62.5 Å². The number of aromatic nitrogens is 2. The number of rotatable bonds is 7. The first-order valence-corrected chi connectivity index (χ1v) is 10.7. The Labute approximate surface area is 181 Å². The van der Waals surface area contributed by atoms with E-state index < -0.39 is 11.7 Å². The summed E-state index contributed by atoms with van der Waals surface area (Å²) in [6.45, 7) is 3.24. The highest BCUT2D eigenvalue weighted by Crippen LogP contribution is 2.36. The predicted octanol–water partition coefficient (Wildman–Crippen LogP) is 3.54. The molecule has 1 aliphatic heterocycles. The first-order valence-electron chi connectivity index (χ1n) is 10.7. The van der Waals surface area contributed by atoms with E-state index in [1.807, 2.05) is 24.0 Å². The number of likely N-dealkylation sites (tertiary alicyclic amines) is 1. The highest BCUT2D eigenvalue weighted by molar-refractivity contribution is 5.79. The Morgan fingerprint density at radius 3 is 2.65 bits per heavy atom. The molecule has 2 unspecified atom stereocenters. The minimum atomic E-state index is -4.31. The zero-order valence-electron chi connectivity index (χ0n) is 18.1. The number of piperidine rings is 1. The van der Waals surface area contributed by atoms with Crippen LogP contribution in [0.4, 0.5) is 13.2 Å². The smallest absolute Gasteiger partial charge is 0.356 e. The maximum atomic E-state index is 12.9. The molecule has 1 aromatic carbocycles. The van der Waals surface area contributed by atoms with Gasteiger partial charge in [0.05, 0.1) is 5.56 Å². The second-order valence-electron chi connectivity index (χ2n) is 7.95. The molecule has 2 aromatic rings. The van der Waals surface area contributed by atoms with Gasteiger partial charge in [0, 0.05) is 45.1 Å². The lowest BCUT2D eigenvalue weighted by atomic mass is 9.84. The summed E-state index contributed by atoms with van der Waals surface area (Å²) in [5, 5.41) is 10.9. The molecule has 6 nitrogen and oxygen atoms in total. The number of halogens is 3. The molecular weight excluding hydrogens is 405 g/mol. The fourth-order valence-corrected chi connectivity index (χ4v) is 4.20. The number of aliphatic imine (C=N–C) groups is 1. The van der Waals surface area contributed by atoms with E-state index in [-0.39, 0.29) is 12.0 Å². The first kappa shape index (κ1) is 23.1. The number of hydrogen-bond donors (Lipinski definition) is 2. The topological polar surface area (TPSA) is 57.5 Å². The van der Waals surface area contributed by atoms with Crippen molar-refractivity contribution in [2.45, 2.75) is 38.0 Å². The highest BCUT2D eigenvalue weighted by Gasteiger charge is 2.33. The van der Waals surface area contributed by atoms with Gasteiger partial charge in [-0.25, -0.2) is 0 Å². The lowest BCUT2D eigenvalue weighted by Gasteiger charge is -2.40. The quantitative estimate of drug-likeness (QED) is 0.396. The minimum Gasteiger partial charge on any atom is -0.356 e. The van der Waals surface area contributed by atoms with E-state index in [2.05, 4.69) is 25.6 Å². The molecule has 2 heterocycles. The van der Waals surface area contributed by atoms with Crippen LogP contribution in [0.1, 0.15) is 36.4 Å². The summed E-state index contributed by atoms with van der Waals surface area (Å²) >= 11 is 0. The van der Waals surface area contributed by atoms with Crippen LogP contribution in [-0.4, -0.2) is 54.4 Å². The molecular formula is C22H31F3N6. The largest absolute Gasteiger partial charge is 0.416 e. The van der Waals surface area contributed by atoms with Gasteiger partial charge in [-0.2, -0.15) is 18.3 Å². The molecule has 2 N–H and O–H groups in total. The van der Waals surface area contributed by atoms with E-state index in [0.717, 1.165) is 50.4 Å². The Balaban J connectivity index is 1.55. The fraction of sp³-hybridized carbons (Fsp3) is 0.545. The van der Waals surface area contributed by atoms with Crippen molar-refractivity contribution < 1.29 is 13.2 Å². The van der Waals surface area contributed by atoms with Crippen molar-refractivity contribution in [2.24, 2.45) is 10.9 Å².